The van der Waals surface area contributed by atoms with Gasteiger partial charge < -0.3 is 14.2 Å². The van der Waals surface area contributed by atoms with Crippen molar-refractivity contribution in [1.29, 1.82) is 0 Å². The second-order valence-electron chi connectivity index (χ2n) is 5.58. The maximum Gasteiger partial charge on any atom is 0.179 e. The van der Waals surface area contributed by atoms with Gasteiger partial charge in [-0.15, -0.1) is 10.2 Å². The van der Waals surface area contributed by atoms with Crippen molar-refractivity contribution in [1.82, 2.24) is 14.9 Å². The van der Waals surface area contributed by atoms with Crippen molar-refractivity contribution in [3.63, 3.8) is 0 Å². The predicted molar refractivity (Wildman–Crippen MR) is 103 cm³/mol. The smallest absolute Gasteiger partial charge is 0.179 e. The van der Waals surface area contributed by atoms with Crippen LogP contribution < -0.4 is 14.2 Å². The van der Waals surface area contributed by atoms with Gasteiger partial charge in [-0.25, -0.2) is 4.68 Å². The Morgan fingerprint density at radius 2 is 1.81 bits per heavy atom. The van der Waals surface area contributed by atoms with Crippen molar-refractivity contribution >= 4 is 17.8 Å². The molecule has 0 aliphatic heterocycles. The molecule has 0 spiro atoms. The molecule has 0 saturated carbocycles. The van der Waals surface area contributed by atoms with E-state index >= 15 is 0 Å². The third-order valence-corrected chi connectivity index (χ3v) is 3.96. The highest BCUT2D eigenvalue weighted by Crippen LogP contribution is 2.36. The van der Waals surface area contributed by atoms with Gasteiger partial charge in [0.2, 0.25) is 0 Å². The average molecular weight is 387 g/mol. The van der Waals surface area contributed by atoms with Crippen LogP contribution in [0.4, 0.5) is 0 Å². The number of hydrogen-bond acceptors (Lipinski definition) is 6. The molecular weight excluding hydrogens is 368 g/mol. The van der Waals surface area contributed by atoms with Crippen molar-refractivity contribution in [2.24, 2.45) is 5.10 Å². The van der Waals surface area contributed by atoms with Crippen molar-refractivity contribution in [2.75, 3.05) is 20.3 Å². The highest BCUT2D eigenvalue weighted by Gasteiger charge is 2.12. The molecule has 0 atom stereocenters. The van der Waals surface area contributed by atoms with E-state index in [1.807, 2.05) is 31.2 Å². The second kappa shape index (κ2) is 9.05. The predicted octanol–water partition coefficient (Wildman–Crippen LogP) is 3.59. The van der Waals surface area contributed by atoms with E-state index in [0.29, 0.717) is 29.7 Å². The lowest BCUT2D eigenvalue weighted by molar-refractivity contribution is 0.210. The van der Waals surface area contributed by atoms with Gasteiger partial charge in [0.15, 0.2) is 11.5 Å². The van der Waals surface area contributed by atoms with E-state index in [1.165, 1.54) is 17.3 Å². The number of aryl methyl sites for hydroxylation is 1. The number of ether oxygens (including phenoxy) is 3. The number of methoxy groups -OCH3 is 1. The minimum Gasteiger partial charge on any atom is -0.493 e. The fraction of sp³-hybridized carbons (Fsp3) is 0.211. The third-order valence-electron chi connectivity index (χ3n) is 3.68. The summed E-state index contributed by atoms with van der Waals surface area (Å²) in [5.74, 6) is 1.82. The summed E-state index contributed by atoms with van der Waals surface area (Å²) >= 11 is 6.36. The highest BCUT2D eigenvalue weighted by atomic mass is 35.5. The van der Waals surface area contributed by atoms with Crippen LogP contribution in [0.1, 0.15) is 11.1 Å². The Balaban J connectivity index is 1.63. The summed E-state index contributed by atoms with van der Waals surface area (Å²) in [7, 11) is 1.56. The summed E-state index contributed by atoms with van der Waals surface area (Å²) in [4.78, 5) is 0. The molecule has 0 bridgehead atoms. The van der Waals surface area contributed by atoms with Crippen molar-refractivity contribution in [2.45, 2.75) is 6.92 Å². The Hall–Kier alpha value is -3.06. The number of rotatable bonds is 8. The van der Waals surface area contributed by atoms with E-state index in [0.717, 1.165) is 16.9 Å². The Labute approximate surface area is 162 Å². The quantitative estimate of drug-likeness (QED) is 0.437. The van der Waals surface area contributed by atoms with Gasteiger partial charge in [0, 0.05) is 0 Å². The Bertz CT molecular complexity index is 913. The zero-order valence-corrected chi connectivity index (χ0v) is 15.8. The van der Waals surface area contributed by atoms with Crippen LogP contribution in [-0.4, -0.2) is 41.4 Å². The number of nitrogens with zero attached hydrogens (tertiary/aromatic N) is 4. The molecule has 0 aliphatic carbocycles. The normalized spacial score (nSPS) is 10.9. The van der Waals surface area contributed by atoms with Gasteiger partial charge in [-0.05, 0) is 36.2 Å². The molecule has 140 valence electrons. The first-order valence-electron chi connectivity index (χ1n) is 8.25. The van der Waals surface area contributed by atoms with Crippen molar-refractivity contribution < 1.29 is 14.2 Å². The first-order valence-corrected chi connectivity index (χ1v) is 8.63. The van der Waals surface area contributed by atoms with E-state index in [-0.39, 0.29) is 0 Å². The minimum atomic E-state index is 0.332. The van der Waals surface area contributed by atoms with Crippen LogP contribution in [0.5, 0.6) is 17.2 Å². The summed E-state index contributed by atoms with van der Waals surface area (Å²) in [6.45, 7) is 2.72. The van der Waals surface area contributed by atoms with E-state index in [1.54, 1.807) is 25.5 Å². The number of hydrogen-bond donors (Lipinski definition) is 0. The molecule has 2 aromatic carbocycles. The molecule has 0 fully saturated rings. The maximum atomic E-state index is 6.36. The summed E-state index contributed by atoms with van der Waals surface area (Å²) in [5, 5.41) is 12.0. The fourth-order valence-electron chi connectivity index (χ4n) is 2.36. The molecule has 27 heavy (non-hydrogen) atoms. The van der Waals surface area contributed by atoms with Crippen LogP contribution >= 0.6 is 11.6 Å². The summed E-state index contributed by atoms with van der Waals surface area (Å²) in [6.07, 6.45) is 4.60. The SMILES string of the molecule is COc1cc(C=Nn2cnnc2)cc(Cl)c1OCCOc1ccccc1C. The number of aromatic nitrogens is 3. The second-order valence-corrected chi connectivity index (χ2v) is 5.99. The van der Waals surface area contributed by atoms with E-state index in [9.17, 15) is 0 Å². The molecule has 8 heteroatoms. The highest BCUT2D eigenvalue weighted by molar-refractivity contribution is 6.32. The van der Waals surface area contributed by atoms with Crippen LogP contribution in [0.3, 0.4) is 0 Å². The molecule has 0 saturated heterocycles. The summed E-state index contributed by atoms with van der Waals surface area (Å²) < 4.78 is 18.4. The molecule has 7 nitrogen and oxygen atoms in total. The molecule has 0 unspecified atom stereocenters. The zero-order chi connectivity index (χ0) is 19.1. The Kier molecular flexibility index (Phi) is 6.27. The first kappa shape index (κ1) is 18.7. The molecule has 0 aliphatic rings. The molecule has 1 aromatic heterocycles. The lowest BCUT2D eigenvalue weighted by Crippen LogP contribution is -2.10. The molecule has 0 amide bonds. The van der Waals surface area contributed by atoms with Gasteiger partial charge >= 0.3 is 0 Å². The number of para-hydroxylation sites is 1. The zero-order valence-electron chi connectivity index (χ0n) is 15.0. The molecule has 0 N–H and O–H groups in total. The average Bonchev–Trinajstić information content (AvgIpc) is 3.19. The lowest BCUT2D eigenvalue weighted by Gasteiger charge is -2.14. The standard InChI is InChI=1S/C19H19ClN4O3/c1-14-5-3-4-6-17(14)26-7-8-27-19-16(20)9-15(10-18(19)25-2)11-23-24-12-21-22-13-24/h3-6,9-13H,7-8H2,1-2H3. The molecule has 1 heterocycles. The van der Waals surface area contributed by atoms with Gasteiger partial charge in [-0.3, -0.25) is 0 Å². The molecular formula is C19H19ClN4O3. The van der Waals surface area contributed by atoms with E-state index in [4.69, 9.17) is 25.8 Å². The third kappa shape index (κ3) is 4.98. The van der Waals surface area contributed by atoms with E-state index < -0.39 is 0 Å². The maximum absolute atomic E-state index is 6.36. The topological polar surface area (TPSA) is 70.8 Å². The summed E-state index contributed by atoms with van der Waals surface area (Å²) in [6, 6.07) is 11.4. The number of benzene rings is 2. The van der Waals surface area contributed by atoms with Gasteiger partial charge in [0.05, 0.1) is 18.3 Å². The lowest BCUT2D eigenvalue weighted by atomic mass is 10.2. The first-order chi connectivity index (χ1) is 13.2. The van der Waals surface area contributed by atoms with Gasteiger partial charge in [-0.1, -0.05) is 29.8 Å². The molecule has 3 aromatic rings. The van der Waals surface area contributed by atoms with Crippen LogP contribution in [0.15, 0.2) is 54.2 Å². The Morgan fingerprint density at radius 3 is 2.56 bits per heavy atom. The molecule has 0 radical (unpaired) electrons. The van der Waals surface area contributed by atoms with Crippen LogP contribution in [-0.2, 0) is 0 Å². The summed E-state index contributed by atoms with van der Waals surface area (Å²) in [5.41, 5.74) is 1.83. The number of halogens is 1. The Morgan fingerprint density at radius 1 is 1.07 bits per heavy atom. The van der Waals surface area contributed by atoms with Crippen molar-refractivity contribution in [3.05, 3.63) is 65.2 Å². The monoisotopic (exact) mass is 386 g/mol. The van der Waals surface area contributed by atoms with Gasteiger partial charge in [0.1, 0.15) is 31.6 Å². The van der Waals surface area contributed by atoms with Crippen LogP contribution in [0.2, 0.25) is 5.02 Å². The van der Waals surface area contributed by atoms with Crippen LogP contribution in [0, 0.1) is 6.92 Å². The largest absolute Gasteiger partial charge is 0.493 e. The minimum absolute atomic E-state index is 0.332. The fourth-order valence-corrected chi connectivity index (χ4v) is 2.63. The van der Waals surface area contributed by atoms with E-state index in [2.05, 4.69) is 15.3 Å². The van der Waals surface area contributed by atoms with Crippen LogP contribution in [0.25, 0.3) is 0 Å². The van der Waals surface area contributed by atoms with Crippen molar-refractivity contribution in [3.8, 4) is 17.2 Å². The van der Waals surface area contributed by atoms with Gasteiger partial charge in [0.25, 0.3) is 0 Å². The molecule has 3 rings (SSSR count). The van der Waals surface area contributed by atoms with Gasteiger partial charge in [-0.2, -0.15) is 5.10 Å².